The molecule has 0 fully saturated rings. The number of hydrogen-bond donors (Lipinski definition) is 2. The number of hydrogen-bond acceptors (Lipinski definition) is 3. The van der Waals surface area contributed by atoms with E-state index in [-0.39, 0.29) is 12.5 Å². The summed E-state index contributed by atoms with van der Waals surface area (Å²) in [5.41, 5.74) is -0.481. The molecule has 0 unspecified atom stereocenters. The summed E-state index contributed by atoms with van der Waals surface area (Å²) < 4.78 is 0. The molecule has 4 nitrogen and oxygen atoms in total. The minimum absolute atomic E-state index is 0.0116. The van der Waals surface area contributed by atoms with Gasteiger partial charge in [0.2, 0.25) is 5.91 Å². The van der Waals surface area contributed by atoms with Crippen molar-refractivity contribution in [1.29, 1.82) is 0 Å². The van der Waals surface area contributed by atoms with Crippen molar-refractivity contribution in [3.8, 4) is 0 Å². The molecule has 2 N–H and O–H groups in total. The number of carbonyl (C=O) groups excluding carboxylic acids is 1. The van der Waals surface area contributed by atoms with E-state index in [0.717, 1.165) is 13.0 Å². The summed E-state index contributed by atoms with van der Waals surface area (Å²) in [5, 5.41) is 12.1. The van der Waals surface area contributed by atoms with Gasteiger partial charge in [0.25, 0.3) is 0 Å². The first-order valence-electron chi connectivity index (χ1n) is 5.04. The zero-order valence-electron chi connectivity index (χ0n) is 9.63. The smallest absolute Gasteiger partial charge is 0.236 e. The van der Waals surface area contributed by atoms with Crippen LogP contribution in [0.25, 0.3) is 0 Å². The molecule has 0 radical (unpaired) electrons. The molecule has 14 heavy (non-hydrogen) atoms. The molecule has 0 aromatic carbocycles. The Kier molecular flexibility index (Phi) is 5.72. The van der Waals surface area contributed by atoms with E-state index in [2.05, 4.69) is 12.2 Å². The van der Waals surface area contributed by atoms with Crippen molar-refractivity contribution >= 4 is 5.91 Å². The van der Waals surface area contributed by atoms with Gasteiger partial charge in [0.1, 0.15) is 0 Å². The molecule has 0 saturated carbocycles. The lowest BCUT2D eigenvalue weighted by molar-refractivity contribution is -0.135. The van der Waals surface area contributed by atoms with Gasteiger partial charge in [-0.3, -0.25) is 4.79 Å². The summed E-state index contributed by atoms with van der Waals surface area (Å²) in [6, 6.07) is 0. The monoisotopic (exact) mass is 202 g/mol. The zero-order valence-corrected chi connectivity index (χ0v) is 9.63. The molecule has 0 aliphatic heterocycles. The van der Waals surface area contributed by atoms with Crippen molar-refractivity contribution in [2.75, 3.05) is 26.7 Å². The van der Waals surface area contributed by atoms with Crippen LogP contribution < -0.4 is 5.32 Å². The van der Waals surface area contributed by atoms with E-state index >= 15 is 0 Å². The van der Waals surface area contributed by atoms with Crippen molar-refractivity contribution in [3.63, 3.8) is 0 Å². The summed E-state index contributed by atoms with van der Waals surface area (Å²) in [6.45, 7) is 6.89. The Morgan fingerprint density at radius 2 is 2.07 bits per heavy atom. The van der Waals surface area contributed by atoms with E-state index in [1.54, 1.807) is 11.9 Å². The van der Waals surface area contributed by atoms with Gasteiger partial charge in [-0.2, -0.15) is 0 Å². The van der Waals surface area contributed by atoms with Crippen molar-refractivity contribution in [2.24, 2.45) is 0 Å². The first kappa shape index (κ1) is 13.4. The maximum absolute atomic E-state index is 11.6. The lowest BCUT2D eigenvalue weighted by Crippen LogP contribution is -2.50. The van der Waals surface area contributed by atoms with E-state index in [1.165, 1.54) is 0 Å². The Hall–Kier alpha value is -0.610. The van der Waals surface area contributed by atoms with E-state index in [4.69, 9.17) is 5.11 Å². The van der Waals surface area contributed by atoms with Gasteiger partial charge in [0.15, 0.2) is 0 Å². The fourth-order valence-electron chi connectivity index (χ4n) is 0.934. The van der Waals surface area contributed by atoms with Crippen LogP contribution in [0, 0.1) is 0 Å². The first-order valence-corrected chi connectivity index (χ1v) is 5.04. The third kappa shape index (κ3) is 4.07. The highest BCUT2D eigenvalue weighted by Crippen LogP contribution is 2.10. The fourth-order valence-corrected chi connectivity index (χ4v) is 0.934. The average Bonchev–Trinajstić information content (AvgIpc) is 2.17. The number of carbonyl (C=O) groups is 1. The second kappa shape index (κ2) is 5.98. The van der Waals surface area contributed by atoms with Crippen LogP contribution in [0.2, 0.25) is 0 Å². The molecule has 0 heterocycles. The van der Waals surface area contributed by atoms with Crippen LogP contribution in [-0.4, -0.2) is 48.2 Å². The molecule has 0 aromatic heterocycles. The zero-order chi connectivity index (χ0) is 11.2. The van der Waals surface area contributed by atoms with Gasteiger partial charge in [-0.25, -0.2) is 0 Å². The molecule has 0 aliphatic rings. The number of nitrogens with zero attached hydrogens (tertiary/aromatic N) is 1. The summed E-state index contributed by atoms with van der Waals surface area (Å²) in [4.78, 5) is 13.2. The highest BCUT2D eigenvalue weighted by atomic mass is 16.3. The highest BCUT2D eigenvalue weighted by Gasteiger charge is 2.25. The van der Waals surface area contributed by atoms with Gasteiger partial charge in [-0.15, -0.1) is 0 Å². The van der Waals surface area contributed by atoms with E-state index < -0.39 is 5.54 Å². The number of amides is 1. The predicted octanol–water partition coefficient (Wildman–Crippen LogP) is 0.215. The number of aliphatic hydroxyl groups is 1. The molecule has 0 aromatic rings. The molecule has 0 atom stereocenters. The molecular weight excluding hydrogens is 180 g/mol. The molecule has 0 bridgehead atoms. The first-order chi connectivity index (χ1) is 6.45. The minimum Gasteiger partial charge on any atom is -0.394 e. The minimum atomic E-state index is -0.481. The second-order valence-electron chi connectivity index (χ2n) is 4.10. The molecule has 0 saturated heterocycles. The number of rotatable bonds is 6. The maximum Gasteiger partial charge on any atom is 0.236 e. The number of aliphatic hydroxyl groups excluding tert-OH is 1. The molecule has 4 heteroatoms. The topological polar surface area (TPSA) is 52.6 Å². The van der Waals surface area contributed by atoms with E-state index in [1.807, 2.05) is 13.8 Å². The number of nitrogens with one attached hydrogen (secondary N) is 1. The van der Waals surface area contributed by atoms with Gasteiger partial charge in [-0.05, 0) is 26.8 Å². The SMILES string of the molecule is CCCNCC(=O)N(C)C(C)(C)CO. The summed E-state index contributed by atoms with van der Waals surface area (Å²) >= 11 is 0. The molecule has 1 amide bonds. The normalized spacial score (nSPS) is 11.5. The van der Waals surface area contributed by atoms with Crippen molar-refractivity contribution in [1.82, 2.24) is 10.2 Å². The number of likely N-dealkylation sites (N-methyl/N-ethyl adjacent to an activating group) is 1. The quantitative estimate of drug-likeness (QED) is 0.606. The van der Waals surface area contributed by atoms with Crippen molar-refractivity contribution in [3.05, 3.63) is 0 Å². The van der Waals surface area contributed by atoms with Crippen LogP contribution in [-0.2, 0) is 4.79 Å². The Bertz CT molecular complexity index is 181. The van der Waals surface area contributed by atoms with Crippen molar-refractivity contribution in [2.45, 2.75) is 32.7 Å². The van der Waals surface area contributed by atoms with Gasteiger partial charge < -0.3 is 15.3 Å². The summed E-state index contributed by atoms with van der Waals surface area (Å²) in [5.74, 6) is 0.0116. The van der Waals surface area contributed by atoms with Crippen LogP contribution in [0.15, 0.2) is 0 Å². The van der Waals surface area contributed by atoms with E-state index in [0.29, 0.717) is 6.54 Å². The Balaban J connectivity index is 3.99. The average molecular weight is 202 g/mol. The Morgan fingerprint density at radius 1 is 1.50 bits per heavy atom. The molecule has 0 spiro atoms. The molecule has 84 valence electrons. The van der Waals surface area contributed by atoms with Gasteiger partial charge in [-0.1, -0.05) is 6.92 Å². The van der Waals surface area contributed by atoms with Gasteiger partial charge >= 0.3 is 0 Å². The highest BCUT2D eigenvalue weighted by molar-refractivity contribution is 5.78. The predicted molar refractivity (Wildman–Crippen MR) is 57.1 cm³/mol. The third-order valence-electron chi connectivity index (χ3n) is 2.37. The molecular formula is C10H22N2O2. The Labute approximate surface area is 86.3 Å². The van der Waals surface area contributed by atoms with Crippen LogP contribution in [0.3, 0.4) is 0 Å². The maximum atomic E-state index is 11.6. The summed E-state index contributed by atoms with van der Waals surface area (Å²) in [7, 11) is 1.71. The lowest BCUT2D eigenvalue weighted by atomic mass is 10.1. The second-order valence-corrected chi connectivity index (χ2v) is 4.10. The lowest BCUT2D eigenvalue weighted by Gasteiger charge is -2.34. The van der Waals surface area contributed by atoms with Crippen molar-refractivity contribution < 1.29 is 9.90 Å². The molecule has 0 rings (SSSR count). The van der Waals surface area contributed by atoms with Crippen LogP contribution in [0.1, 0.15) is 27.2 Å². The Morgan fingerprint density at radius 3 is 2.50 bits per heavy atom. The fraction of sp³-hybridized carbons (Fsp3) is 0.900. The largest absolute Gasteiger partial charge is 0.394 e. The summed E-state index contributed by atoms with van der Waals surface area (Å²) in [6.07, 6.45) is 1.01. The molecule has 0 aliphatic carbocycles. The van der Waals surface area contributed by atoms with Gasteiger partial charge in [0.05, 0.1) is 18.7 Å². The van der Waals surface area contributed by atoms with Gasteiger partial charge in [0, 0.05) is 7.05 Å². The van der Waals surface area contributed by atoms with Crippen LogP contribution >= 0.6 is 0 Å². The van der Waals surface area contributed by atoms with E-state index in [9.17, 15) is 4.79 Å². The van der Waals surface area contributed by atoms with Crippen LogP contribution in [0.4, 0.5) is 0 Å². The standard InChI is InChI=1S/C10H22N2O2/c1-5-6-11-7-9(14)12(4)10(2,3)8-13/h11,13H,5-8H2,1-4H3. The third-order valence-corrected chi connectivity index (χ3v) is 2.37. The van der Waals surface area contributed by atoms with Crippen LogP contribution in [0.5, 0.6) is 0 Å².